The second-order valence-corrected chi connectivity index (χ2v) is 1.91. The number of hydrogen-bond acceptors (Lipinski definition) is 6. The van der Waals surface area contributed by atoms with Crippen LogP contribution in [0.2, 0.25) is 0 Å². The Balaban J connectivity index is 3.56. The van der Waals surface area contributed by atoms with Crippen LogP contribution in [0.4, 0.5) is 9.59 Å². The maximum Gasteiger partial charge on any atom is 0.440 e. The smallest absolute Gasteiger partial charge is 0.440 e. The van der Waals surface area contributed by atoms with Crippen molar-refractivity contribution in [3.05, 3.63) is 0 Å². The minimum absolute atomic E-state index is 0.420. The van der Waals surface area contributed by atoms with E-state index in [-0.39, 0.29) is 0 Å². The highest BCUT2D eigenvalue weighted by atomic mass is 16.7. The molecule has 0 radical (unpaired) electrons. The Labute approximate surface area is 79.4 Å². The average Bonchev–Trinajstić information content (AvgIpc) is 2.22. The van der Waals surface area contributed by atoms with Gasteiger partial charge in [0.25, 0.3) is 0 Å². The van der Waals surface area contributed by atoms with E-state index in [4.69, 9.17) is 0 Å². The summed E-state index contributed by atoms with van der Waals surface area (Å²) in [7, 11) is 2.25. The maximum absolute atomic E-state index is 10.7. The Morgan fingerprint density at radius 2 is 1.64 bits per heavy atom. The first-order chi connectivity index (χ1) is 6.60. The zero-order valence-electron chi connectivity index (χ0n) is 7.66. The molecule has 14 heavy (non-hydrogen) atoms. The fourth-order valence-corrected chi connectivity index (χ4v) is 0.393. The van der Waals surface area contributed by atoms with E-state index >= 15 is 0 Å². The lowest BCUT2D eigenvalue weighted by atomic mass is 10.7. The molecule has 2 N–H and O–H groups in total. The zero-order chi connectivity index (χ0) is 11.0. The summed E-state index contributed by atoms with van der Waals surface area (Å²) in [5.74, 6) is -0.860. The minimum atomic E-state index is -0.920. The summed E-state index contributed by atoms with van der Waals surface area (Å²) >= 11 is 0. The van der Waals surface area contributed by atoms with Gasteiger partial charge in [-0.3, -0.25) is 0 Å². The lowest BCUT2D eigenvalue weighted by Gasteiger charge is -2.04. The standard InChI is InChI=1S/C6H10N2O6/c1-12-5(10)7-3-4(9)14-8-6(11)13-2/h3H2,1-2H3,(H,7,10)(H,8,11). The predicted molar refractivity (Wildman–Crippen MR) is 42.0 cm³/mol. The van der Waals surface area contributed by atoms with Crippen molar-refractivity contribution >= 4 is 18.2 Å². The van der Waals surface area contributed by atoms with Gasteiger partial charge in [-0.2, -0.15) is 0 Å². The highest BCUT2D eigenvalue weighted by molar-refractivity contribution is 5.78. The van der Waals surface area contributed by atoms with Crippen LogP contribution in [0.25, 0.3) is 0 Å². The van der Waals surface area contributed by atoms with Crippen LogP contribution in [0.3, 0.4) is 0 Å². The third-order valence-corrected chi connectivity index (χ3v) is 0.996. The summed E-state index contributed by atoms with van der Waals surface area (Å²) in [5.41, 5.74) is 1.67. The molecule has 0 aromatic carbocycles. The van der Waals surface area contributed by atoms with Crippen molar-refractivity contribution in [3.63, 3.8) is 0 Å². The topological polar surface area (TPSA) is 103 Å². The molecule has 0 fully saturated rings. The molecule has 0 aliphatic carbocycles. The summed E-state index contributed by atoms with van der Waals surface area (Å²) < 4.78 is 8.29. The molecular formula is C6H10N2O6. The second-order valence-electron chi connectivity index (χ2n) is 1.91. The Hall–Kier alpha value is -1.99. The summed E-state index contributed by atoms with van der Waals surface area (Å²) in [4.78, 5) is 35.7. The molecule has 0 aliphatic heterocycles. The van der Waals surface area contributed by atoms with E-state index in [0.29, 0.717) is 0 Å². The zero-order valence-corrected chi connectivity index (χ0v) is 7.66. The average molecular weight is 206 g/mol. The number of nitrogens with one attached hydrogen (secondary N) is 2. The molecule has 0 saturated heterocycles. The number of hydrogen-bond donors (Lipinski definition) is 2. The van der Waals surface area contributed by atoms with Gasteiger partial charge in [-0.15, -0.1) is 5.48 Å². The van der Waals surface area contributed by atoms with Crippen LogP contribution < -0.4 is 10.8 Å². The molecule has 0 aromatic heterocycles. The van der Waals surface area contributed by atoms with Gasteiger partial charge in [-0.05, 0) is 0 Å². The van der Waals surface area contributed by atoms with Crippen LogP contribution in [0.5, 0.6) is 0 Å². The molecule has 0 spiro atoms. The molecular weight excluding hydrogens is 196 g/mol. The Bertz CT molecular complexity index is 206. The van der Waals surface area contributed by atoms with Crippen molar-refractivity contribution < 1.29 is 28.7 Å². The van der Waals surface area contributed by atoms with Crippen molar-refractivity contribution in [2.75, 3.05) is 20.8 Å². The van der Waals surface area contributed by atoms with Gasteiger partial charge in [-0.1, -0.05) is 0 Å². The van der Waals surface area contributed by atoms with Crippen LogP contribution in [0.1, 0.15) is 0 Å². The molecule has 8 nitrogen and oxygen atoms in total. The van der Waals surface area contributed by atoms with Crippen molar-refractivity contribution in [2.45, 2.75) is 0 Å². The fourth-order valence-electron chi connectivity index (χ4n) is 0.393. The van der Waals surface area contributed by atoms with E-state index in [2.05, 4.69) is 14.3 Å². The molecule has 0 saturated carbocycles. The second kappa shape index (κ2) is 6.52. The lowest BCUT2D eigenvalue weighted by molar-refractivity contribution is -0.148. The van der Waals surface area contributed by atoms with Crippen LogP contribution >= 0.6 is 0 Å². The predicted octanol–water partition coefficient (Wildman–Crippen LogP) is -0.843. The number of alkyl carbamates (subject to hydrolysis) is 1. The quantitative estimate of drug-likeness (QED) is 0.451. The van der Waals surface area contributed by atoms with E-state index in [1.807, 2.05) is 5.32 Å². The van der Waals surface area contributed by atoms with Crippen LogP contribution in [0, 0.1) is 0 Å². The molecule has 0 rings (SSSR count). The Morgan fingerprint density at radius 3 is 2.14 bits per heavy atom. The number of ether oxygens (including phenoxy) is 2. The molecule has 0 aromatic rings. The molecule has 0 aliphatic rings. The van der Waals surface area contributed by atoms with Gasteiger partial charge in [0, 0.05) is 0 Å². The van der Waals surface area contributed by atoms with Crippen molar-refractivity contribution in [3.8, 4) is 0 Å². The number of rotatable bonds is 2. The van der Waals surface area contributed by atoms with E-state index in [0.717, 1.165) is 14.2 Å². The Kier molecular flexibility index (Phi) is 5.59. The first-order valence-electron chi connectivity index (χ1n) is 3.45. The third-order valence-electron chi connectivity index (χ3n) is 0.996. The van der Waals surface area contributed by atoms with Gasteiger partial charge >= 0.3 is 18.2 Å². The van der Waals surface area contributed by atoms with E-state index < -0.39 is 24.7 Å². The van der Waals surface area contributed by atoms with Crippen molar-refractivity contribution in [1.29, 1.82) is 0 Å². The largest absolute Gasteiger partial charge is 0.453 e. The normalized spacial score (nSPS) is 8.43. The number of methoxy groups -OCH3 is 2. The summed E-state index contributed by atoms with van der Waals surface area (Å²) in [6.45, 7) is -0.420. The first-order valence-corrected chi connectivity index (χ1v) is 3.45. The summed E-state index contributed by atoms with van der Waals surface area (Å²) in [6.07, 6.45) is -1.70. The van der Waals surface area contributed by atoms with Gasteiger partial charge in [0.05, 0.1) is 14.2 Å². The molecule has 0 unspecified atom stereocenters. The molecule has 8 heteroatoms. The molecule has 0 bridgehead atoms. The van der Waals surface area contributed by atoms with Crippen LogP contribution in [-0.4, -0.2) is 38.9 Å². The number of amides is 2. The number of hydroxylamine groups is 1. The van der Waals surface area contributed by atoms with Gasteiger partial charge in [-0.25, -0.2) is 14.4 Å². The monoisotopic (exact) mass is 206 g/mol. The number of carbonyl (C=O) groups is 3. The molecule has 0 atom stereocenters. The third kappa shape index (κ3) is 5.63. The minimum Gasteiger partial charge on any atom is -0.453 e. The van der Waals surface area contributed by atoms with E-state index in [1.54, 1.807) is 5.48 Å². The highest BCUT2D eigenvalue weighted by Gasteiger charge is 2.08. The van der Waals surface area contributed by atoms with Gasteiger partial charge in [0.15, 0.2) is 0 Å². The van der Waals surface area contributed by atoms with Crippen LogP contribution in [-0.2, 0) is 19.1 Å². The highest BCUT2D eigenvalue weighted by Crippen LogP contribution is 1.76. The number of carbonyl (C=O) groups excluding carboxylic acids is 3. The van der Waals surface area contributed by atoms with Crippen molar-refractivity contribution in [2.24, 2.45) is 0 Å². The Morgan fingerprint density at radius 1 is 1.07 bits per heavy atom. The van der Waals surface area contributed by atoms with Crippen LogP contribution in [0.15, 0.2) is 0 Å². The molecule has 80 valence electrons. The lowest BCUT2D eigenvalue weighted by Crippen LogP contribution is -2.35. The summed E-state index contributed by atoms with van der Waals surface area (Å²) in [6, 6.07) is 0. The first kappa shape index (κ1) is 12.0. The SMILES string of the molecule is COC(=O)NCC(=O)ONC(=O)OC. The summed E-state index contributed by atoms with van der Waals surface area (Å²) in [5, 5.41) is 2.05. The van der Waals surface area contributed by atoms with E-state index in [1.165, 1.54) is 0 Å². The van der Waals surface area contributed by atoms with Gasteiger partial charge in [0.1, 0.15) is 6.54 Å². The maximum atomic E-state index is 10.7. The molecule has 0 heterocycles. The van der Waals surface area contributed by atoms with Gasteiger partial charge < -0.3 is 19.6 Å². The van der Waals surface area contributed by atoms with E-state index in [9.17, 15) is 14.4 Å². The molecule has 2 amide bonds. The van der Waals surface area contributed by atoms with Crippen molar-refractivity contribution in [1.82, 2.24) is 10.8 Å². The fraction of sp³-hybridized carbons (Fsp3) is 0.500. The van der Waals surface area contributed by atoms with Gasteiger partial charge in [0.2, 0.25) is 0 Å².